The minimum absolute atomic E-state index is 0.0716. The van der Waals surface area contributed by atoms with Crippen LogP contribution >= 0.6 is 0 Å². The summed E-state index contributed by atoms with van der Waals surface area (Å²) in [5.41, 5.74) is 0.999. The van der Waals surface area contributed by atoms with Crippen LogP contribution in [-0.4, -0.2) is 34.3 Å². The zero-order chi connectivity index (χ0) is 21.3. The van der Waals surface area contributed by atoms with Crippen molar-refractivity contribution < 1.29 is 14.0 Å². The van der Waals surface area contributed by atoms with Crippen molar-refractivity contribution in [2.24, 2.45) is 11.8 Å². The van der Waals surface area contributed by atoms with E-state index in [4.69, 9.17) is 0 Å². The van der Waals surface area contributed by atoms with E-state index in [9.17, 15) is 9.59 Å². The normalized spacial score (nSPS) is 23.5. The van der Waals surface area contributed by atoms with E-state index in [2.05, 4.69) is 24.1 Å². The second-order valence-corrected chi connectivity index (χ2v) is 8.72. The molecule has 0 bridgehead atoms. The maximum absolute atomic E-state index is 15.9. The number of hydrogen-bond acceptors (Lipinski definition) is 3. The van der Waals surface area contributed by atoms with Crippen molar-refractivity contribution in [3.8, 4) is 0 Å². The predicted molar refractivity (Wildman–Crippen MR) is 113 cm³/mol. The van der Waals surface area contributed by atoms with E-state index >= 15 is 4.39 Å². The lowest BCUT2D eigenvalue weighted by molar-refractivity contribution is 0.0553. The average molecular weight is 410 g/mol. The molecule has 2 fully saturated rings. The third kappa shape index (κ3) is 4.09. The Labute approximate surface area is 176 Å². The molecule has 2 amide bonds. The lowest BCUT2D eigenvalue weighted by Gasteiger charge is -2.36. The first-order valence-corrected chi connectivity index (χ1v) is 10.7. The molecule has 1 saturated heterocycles. The summed E-state index contributed by atoms with van der Waals surface area (Å²) in [6.07, 6.45) is 4.79. The van der Waals surface area contributed by atoms with E-state index in [1.807, 2.05) is 11.0 Å². The number of nitrogens with zero attached hydrogens (tertiary/aromatic N) is 2. The lowest BCUT2D eigenvalue weighted by Crippen LogP contribution is -2.45. The zero-order valence-electron chi connectivity index (χ0n) is 17.5. The molecule has 2 heterocycles. The highest BCUT2D eigenvalue weighted by Crippen LogP contribution is 2.46. The molecule has 0 spiro atoms. The number of piperidine rings is 1. The van der Waals surface area contributed by atoms with E-state index < -0.39 is 11.7 Å². The van der Waals surface area contributed by atoms with Crippen molar-refractivity contribution in [1.82, 2.24) is 15.2 Å². The molecule has 1 aliphatic heterocycles. The van der Waals surface area contributed by atoms with Gasteiger partial charge in [-0.25, -0.2) is 4.39 Å². The molecule has 0 radical (unpaired) electrons. The van der Waals surface area contributed by atoms with Crippen molar-refractivity contribution in [3.63, 3.8) is 0 Å². The van der Waals surface area contributed by atoms with Crippen molar-refractivity contribution in [2.45, 2.75) is 51.4 Å². The molecule has 1 saturated carbocycles. The van der Waals surface area contributed by atoms with Gasteiger partial charge < -0.3 is 10.2 Å². The maximum atomic E-state index is 15.9. The predicted octanol–water partition coefficient (Wildman–Crippen LogP) is 4.30. The smallest absolute Gasteiger partial charge is 0.255 e. The van der Waals surface area contributed by atoms with Gasteiger partial charge in [0.05, 0.1) is 11.3 Å². The Morgan fingerprint density at radius 3 is 2.40 bits per heavy atom. The Hall–Kier alpha value is -2.76. The summed E-state index contributed by atoms with van der Waals surface area (Å²) in [5.74, 6) is -2.27. The molecule has 1 aromatic carbocycles. The summed E-state index contributed by atoms with van der Waals surface area (Å²) in [5, 5.41) is 2.55. The molecule has 1 aromatic heterocycles. The molecular weight excluding hydrogens is 381 g/mol. The number of rotatable bonds is 5. The minimum atomic E-state index is -2.04. The van der Waals surface area contributed by atoms with Gasteiger partial charge in [-0.3, -0.25) is 14.6 Å². The number of benzene rings is 1. The van der Waals surface area contributed by atoms with Gasteiger partial charge in [0.25, 0.3) is 11.8 Å². The number of alkyl halides is 1. The highest BCUT2D eigenvalue weighted by molar-refractivity contribution is 5.95. The molecule has 2 aliphatic rings. The Bertz CT molecular complexity index is 914. The van der Waals surface area contributed by atoms with Crippen LogP contribution in [0.25, 0.3) is 0 Å². The Morgan fingerprint density at radius 1 is 1.07 bits per heavy atom. The molecule has 3 unspecified atom stereocenters. The number of carbonyl (C=O) groups is 2. The zero-order valence-corrected chi connectivity index (χ0v) is 17.5. The van der Waals surface area contributed by atoms with Crippen molar-refractivity contribution in [3.05, 3.63) is 65.5 Å². The van der Waals surface area contributed by atoms with Crippen LogP contribution in [0.1, 0.15) is 65.9 Å². The quantitative estimate of drug-likeness (QED) is 0.749. The number of nitrogens with one attached hydrogen (secondary N) is 1. The maximum Gasteiger partial charge on any atom is 0.255 e. The number of amides is 2. The molecule has 1 aliphatic carbocycles. The molecule has 6 heteroatoms. The van der Waals surface area contributed by atoms with Crippen LogP contribution in [0, 0.1) is 11.8 Å². The monoisotopic (exact) mass is 409 g/mol. The molecule has 3 atom stereocenters. The van der Waals surface area contributed by atoms with Crippen molar-refractivity contribution >= 4 is 11.8 Å². The van der Waals surface area contributed by atoms with Crippen LogP contribution in [0.4, 0.5) is 4.39 Å². The first kappa shape index (κ1) is 20.5. The summed E-state index contributed by atoms with van der Waals surface area (Å²) in [4.78, 5) is 31.6. The fraction of sp³-hybridized carbons (Fsp3) is 0.458. The number of likely N-dealkylation sites (tertiary alicyclic amines) is 1. The van der Waals surface area contributed by atoms with Gasteiger partial charge >= 0.3 is 0 Å². The topological polar surface area (TPSA) is 62.3 Å². The average Bonchev–Trinajstić information content (AvgIpc) is 3.60. The molecule has 2 aromatic rings. The van der Waals surface area contributed by atoms with E-state index in [1.165, 1.54) is 12.3 Å². The van der Waals surface area contributed by atoms with Crippen molar-refractivity contribution in [1.29, 1.82) is 0 Å². The van der Waals surface area contributed by atoms with Gasteiger partial charge in [-0.05, 0) is 62.8 Å². The van der Waals surface area contributed by atoms with Crippen LogP contribution in [-0.2, 0) is 5.79 Å². The number of aromatic nitrogens is 1. The van der Waals surface area contributed by atoms with E-state index in [0.717, 1.165) is 19.4 Å². The standard InChI is InChI=1S/C24H28FN3O2/c1-16-12-13-28(17(2)14-16)23(30)19-8-11-21(26-15-19)24(25,20-9-10-20)27-22(29)18-6-4-3-5-7-18/h3-8,11,15-17,20H,9-10,12-14H2,1-2H3,(H,27,29). The highest BCUT2D eigenvalue weighted by atomic mass is 19.1. The molecule has 1 N–H and O–H groups in total. The summed E-state index contributed by atoms with van der Waals surface area (Å²) in [6.45, 7) is 5.00. The lowest BCUT2D eigenvalue weighted by atomic mass is 9.93. The molecule has 30 heavy (non-hydrogen) atoms. The Kier molecular flexibility index (Phi) is 5.58. The fourth-order valence-electron chi connectivity index (χ4n) is 4.29. The third-order valence-electron chi connectivity index (χ3n) is 6.25. The SMILES string of the molecule is CC1CCN(C(=O)c2ccc(C(F)(NC(=O)c3ccccc3)C3CC3)nc2)C(C)C1. The van der Waals surface area contributed by atoms with E-state index in [-0.39, 0.29) is 23.6 Å². The fourth-order valence-corrected chi connectivity index (χ4v) is 4.29. The Morgan fingerprint density at radius 2 is 1.80 bits per heavy atom. The molecular formula is C24H28FN3O2. The molecule has 4 rings (SSSR count). The van der Waals surface area contributed by atoms with E-state index in [0.29, 0.717) is 29.9 Å². The summed E-state index contributed by atoms with van der Waals surface area (Å²) >= 11 is 0. The van der Waals surface area contributed by atoms with Gasteiger partial charge in [-0.15, -0.1) is 0 Å². The van der Waals surface area contributed by atoms with E-state index in [1.54, 1.807) is 30.3 Å². The van der Waals surface area contributed by atoms with Gasteiger partial charge in [0.15, 0.2) is 0 Å². The first-order chi connectivity index (χ1) is 14.4. The number of hydrogen-bond donors (Lipinski definition) is 1. The minimum Gasteiger partial charge on any atom is -0.336 e. The van der Waals surface area contributed by atoms with Crippen LogP contribution in [0.2, 0.25) is 0 Å². The summed E-state index contributed by atoms with van der Waals surface area (Å²) in [6, 6.07) is 11.9. The van der Waals surface area contributed by atoms with Crippen LogP contribution in [0.3, 0.4) is 0 Å². The molecule has 158 valence electrons. The first-order valence-electron chi connectivity index (χ1n) is 10.7. The highest BCUT2D eigenvalue weighted by Gasteiger charge is 2.49. The second kappa shape index (κ2) is 8.17. The summed E-state index contributed by atoms with van der Waals surface area (Å²) in [7, 11) is 0. The number of pyridine rings is 1. The van der Waals surface area contributed by atoms with Gasteiger partial charge in [0.1, 0.15) is 0 Å². The summed E-state index contributed by atoms with van der Waals surface area (Å²) < 4.78 is 15.9. The molecule has 5 nitrogen and oxygen atoms in total. The van der Waals surface area contributed by atoms with Gasteiger partial charge in [0, 0.05) is 30.3 Å². The number of halogens is 1. The van der Waals surface area contributed by atoms with Crippen LogP contribution < -0.4 is 5.32 Å². The second-order valence-electron chi connectivity index (χ2n) is 8.72. The largest absolute Gasteiger partial charge is 0.336 e. The third-order valence-corrected chi connectivity index (χ3v) is 6.25. The van der Waals surface area contributed by atoms with Gasteiger partial charge in [-0.2, -0.15) is 0 Å². The van der Waals surface area contributed by atoms with Gasteiger partial charge in [0.2, 0.25) is 5.79 Å². The Balaban J connectivity index is 1.52. The van der Waals surface area contributed by atoms with Gasteiger partial charge in [-0.1, -0.05) is 25.1 Å². The van der Waals surface area contributed by atoms with Crippen LogP contribution in [0.15, 0.2) is 48.7 Å². The van der Waals surface area contributed by atoms with Crippen LogP contribution in [0.5, 0.6) is 0 Å². The van der Waals surface area contributed by atoms with Crippen molar-refractivity contribution in [2.75, 3.05) is 6.54 Å². The number of carbonyl (C=O) groups excluding carboxylic acids is 2.